The second-order valence-corrected chi connectivity index (χ2v) is 32.0. The lowest BCUT2D eigenvalue weighted by molar-refractivity contribution is -0.201. The molecule has 6 saturated carbocycles. The lowest BCUT2D eigenvalue weighted by Crippen LogP contribution is -2.80. The Hall–Kier alpha value is -10.2. The van der Waals surface area contributed by atoms with Crippen LogP contribution in [-0.4, -0.2) is 14.2 Å². The molecule has 10 unspecified atom stereocenters. The zero-order valence-corrected chi connectivity index (χ0v) is 57.5. The Bertz CT molecular complexity index is 5900. The normalized spacial score (nSPS) is 26.6. The molecule has 9 aliphatic carbocycles. The standard InChI is InChI=1S/C96H78O4/c1-55-20-6-8-22-63(55)70-27-14-17-33-76(70)96-53-94(50-62-51-95(54-96,91(94)96)88-82(97-4)43-42-81-87(88)85-67(62)31-19-34-79(85)99-81)77-39-38-59(48-74(77)64-23-9-7-21-56(64)2)58-37-36-57(3)73(47-58)71-28-15-16-32-75(71)92-45-44-60-46-61-49-93(52-92,90(92)72-29-13-12-26-69(72)68-25-11-10-24-65(60)68)78-40-41-83(98-5)89-86(78)84-66(61)30-18-35-80(84)100-89/h6-43,47-48,60-62,90-91H,44-46,49-54H2,1-5H3. The Morgan fingerprint density at radius 3 is 1.59 bits per heavy atom. The minimum absolute atomic E-state index is 0.0776. The van der Waals surface area contributed by atoms with Gasteiger partial charge in [-0.25, -0.2) is 0 Å². The van der Waals surface area contributed by atoms with Crippen molar-refractivity contribution in [1.29, 1.82) is 0 Å². The van der Waals surface area contributed by atoms with Gasteiger partial charge in [0.25, 0.3) is 0 Å². The molecule has 7 bridgehead atoms. The summed E-state index contributed by atoms with van der Waals surface area (Å²) in [6, 6.07) is 94.8. The second kappa shape index (κ2) is 20.3. The highest BCUT2D eigenvalue weighted by molar-refractivity contribution is 6.13. The van der Waals surface area contributed by atoms with Crippen LogP contribution in [0.15, 0.2) is 251 Å². The molecule has 23 rings (SSSR count). The summed E-state index contributed by atoms with van der Waals surface area (Å²) >= 11 is 0. The van der Waals surface area contributed by atoms with E-state index in [1.807, 2.05) is 7.11 Å². The molecule has 2 heterocycles. The number of aryl methyl sites for hydroxylation is 3. The quantitative estimate of drug-likeness (QED) is 0.144. The second-order valence-electron chi connectivity index (χ2n) is 32.0. The van der Waals surface area contributed by atoms with Gasteiger partial charge in [-0.1, -0.05) is 200 Å². The highest BCUT2D eigenvalue weighted by atomic mass is 16.5. The third kappa shape index (κ3) is 7.22. The van der Waals surface area contributed by atoms with Gasteiger partial charge in [-0.15, -0.1) is 0 Å². The Labute approximate surface area is 584 Å². The lowest BCUT2D eigenvalue weighted by Gasteiger charge is -2.82. The molecule has 0 N–H and O–H groups in total. The third-order valence-electron chi connectivity index (χ3n) is 27.8. The number of ether oxygens (including phenoxy) is 2. The molecule has 100 heavy (non-hydrogen) atoms. The summed E-state index contributed by atoms with van der Waals surface area (Å²) in [5.74, 6) is 3.25. The van der Waals surface area contributed by atoms with E-state index < -0.39 is 0 Å². The maximum atomic E-state index is 7.03. The highest BCUT2D eigenvalue weighted by Gasteiger charge is 2.82. The number of benzene rings is 12. The van der Waals surface area contributed by atoms with E-state index in [1.54, 1.807) is 7.11 Å². The maximum Gasteiger partial charge on any atom is 0.177 e. The maximum absolute atomic E-state index is 7.03. The van der Waals surface area contributed by atoms with E-state index in [4.69, 9.17) is 18.3 Å². The molecule has 0 saturated heterocycles. The van der Waals surface area contributed by atoms with Crippen LogP contribution in [0.3, 0.4) is 0 Å². The fourth-order valence-corrected chi connectivity index (χ4v) is 24.8. The zero-order valence-electron chi connectivity index (χ0n) is 57.5. The van der Waals surface area contributed by atoms with Gasteiger partial charge >= 0.3 is 0 Å². The first-order valence-corrected chi connectivity index (χ1v) is 36.9. The molecule has 0 amide bonds. The van der Waals surface area contributed by atoms with E-state index in [9.17, 15) is 0 Å². The van der Waals surface area contributed by atoms with Gasteiger partial charge in [0.15, 0.2) is 11.3 Å². The van der Waals surface area contributed by atoms with Crippen molar-refractivity contribution in [2.24, 2.45) is 5.92 Å². The van der Waals surface area contributed by atoms with Crippen LogP contribution in [0.5, 0.6) is 11.5 Å². The van der Waals surface area contributed by atoms with Gasteiger partial charge < -0.3 is 18.3 Å². The van der Waals surface area contributed by atoms with Gasteiger partial charge in [-0.2, -0.15) is 0 Å². The minimum atomic E-state index is -0.205. The first kappa shape index (κ1) is 57.7. The molecule has 12 aromatic carbocycles. The van der Waals surface area contributed by atoms with E-state index in [-0.39, 0.29) is 38.9 Å². The van der Waals surface area contributed by atoms with Crippen LogP contribution in [0, 0.1) is 26.7 Å². The first-order chi connectivity index (χ1) is 49.1. The topological polar surface area (TPSA) is 44.7 Å². The van der Waals surface area contributed by atoms with Crippen LogP contribution in [0.4, 0.5) is 0 Å². The summed E-state index contributed by atoms with van der Waals surface area (Å²) in [4.78, 5) is 0. The molecule has 4 heteroatoms. The van der Waals surface area contributed by atoms with E-state index in [0.29, 0.717) is 17.8 Å². The number of rotatable bonds is 9. The van der Waals surface area contributed by atoms with Crippen LogP contribution >= 0.6 is 0 Å². The molecule has 10 atom stereocenters. The Kier molecular flexibility index (Phi) is 11.7. The van der Waals surface area contributed by atoms with Gasteiger partial charge in [0.2, 0.25) is 0 Å². The van der Waals surface area contributed by atoms with Gasteiger partial charge in [0.05, 0.1) is 14.2 Å². The summed E-state index contributed by atoms with van der Waals surface area (Å²) < 4.78 is 26.8. The van der Waals surface area contributed by atoms with Crippen molar-refractivity contribution < 1.29 is 18.3 Å². The Morgan fingerprint density at radius 1 is 0.340 bits per heavy atom. The highest BCUT2D eigenvalue weighted by Crippen LogP contribution is 2.86. The average molecular weight is 1300 g/mol. The molecule has 0 radical (unpaired) electrons. The van der Waals surface area contributed by atoms with E-state index >= 15 is 0 Å². The summed E-state index contributed by atoms with van der Waals surface area (Å²) in [6.07, 6.45) is 9.68. The van der Waals surface area contributed by atoms with Gasteiger partial charge in [0.1, 0.15) is 22.5 Å². The van der Waals surface area contributed by atoms with Crippen molar-refractivity contribution in [1.82, 2.24) is 0 Å². The third-order valence-corrected chi connectivity index (χ3v) is 27.8. The average Bonchev–Trinajstić information content (AvgIpc) is 0.983. The number of methoxy groups -OCH3 is 2. The van der Waals surface area contributed by atoms with Crippen LogP contribution in [0.1, 0.15) is 148 Å². The van der Waals surface area contributed by atoms with Crippen molar-refractivity contribution in [2.75, 3.05) is 14.2 Å². The molecule has 2 spiro atoms. The summed E-state index contributed by atoms with van der Waals surface area (Å²) in [7, 11) is 3.69. The van der Waals surface area contributed by atoms with E-state index in [0.717, 1.165) is 91.6 Å². The molecular weight excluding hydrogens is 1220 g/mol. The van der Waals surface area contributed by atoms with Gasteiger partial charge in [-0.05, 0) is 262 Å². The summed E-state index contributed by atoms with van der Waals surface area (Å²) in [5.41, 5.74) is 33.4. The first-order valence-electron chi connectivity index (χ1n) is 36.9. The zero-order chi connectivity index (χ0) is 66.3. The molecule has 486 valence electrons. The fourth-order valence-electron chi connectivity index (χ4n) is 24.8. The lowest BCUT2D eigenvalue weighted by atomic mass is 9.21. The van der Waals surface area contributed by atoms with Crippen LogP contribution in [0.2, 0.25) is 0 Å². The van der Waals surface area contributed by atoms with Crippen molar-refractivity contribution >= 4 is 43.9 Å². The molecule has 2 aromatic heterocycles. The molecule has 4 nitrogen and oxygen atoms in total. The van der Waals surface area contributed by atoms with Crippen molar-refractivity contribution in [3.8, 4) is 67.1 Å². The Balaban J connectivity index is 0.735. The fraction of sp³-hybridized carbons (Fsp3) is 0.250. The number of furan rings is 2. The Morgan fingerprint density at radius 2 is 0.850 bits per heavy atom. The summed E-state index contributed by atoms with van der Waals surface area (Å²) in [6.45, 7) is 6.98. The van der Waals surface area contributed by atoms with E-state index in [2.05, 4.69) is 263 Å². The van der Waals surface area contributed by atoms with Gasteiger partial charge in [0, 0.05) is 60.1 Å². The summed E-state index contributed by atoms with van der Waals surface area (Å²) in [5, 5.41) is 5.14. The number of hydrogen-bond acceptors (Lipinski definition) is 4. The molecular formula is C96H78O4. The molecule has 6 fully saturated rings. The molecule has 9 aliphatic rings. The predicted octanol–water partition coefficient (Wildman–Crippen LogP) is 24.3. The van der Waals surface area contributed by atoms with Crippen molar-refractivity contribution in [3.05, 3.63) is 309 Å². The van der Waals surface area contributed by atoms with Crippen LogP contribution in [-0.2, 0) is 27.1 Å². The smallest absolute Gasteiger partial charge is 0.177 e. The number of hydrogen-bond donors (Lipinski definition) is 0. The predicted molar refractivity (Wildman–Crippen MR) is 406 cm³/mol. The van der Waals surface area contributed by atoms with Gasteiger partial charge in [-0.3, -0.25) is 0 Å². The van der Waals surface area contributed by atoms with Crippen molar-refractivity contribution in [3.63, 3.8) is 0 Å². The number of fused-ring (bicyclic) bond motifs is 5. The largest absolute Gasteiger partial charge is 0.496 e. The molecule has 14 aromatic rings. The van der Waals surface area contributed by atoms with Crippen LogP contribution < -0.4 is 9.47 Å². The van der Waals surface area contributed by atoms with Crippen LogP contribution in [0.25, 0.3) is 99.5 Å². The molecule has 0 aliphatic heterocycles. The van der Waals surface area contributed by atoms with E-state index in [1.165, 1.54) is 144 Å². The monoisotopic (exact) mass is 1290 g/mol. The van der Waals surface area contributed by atoms with Crippen molar-refractivity contribution in [2.45, 2.75) is 129 Å². The SMILES string of the molecule is COc1ccc2oc3cccc4c3c2c1C12CC4CC3(c4ccc(-c5ccc(C)c(-c6ccccc6C67CCC8CC9CC(C6)(c6ccc(OC)c%10oc%11cccc9c%11c6%10)C7c6ccccc6-c6ccccc68)c5)cc4-c4ccccc4C)CC(c4ccccc4-c4ccccc4C)(C1)C32. The minimum Gasteiger partial charge on any atom is -0.496 e.